The number of carboxylic acid groups (broad SMARTS) is 2. The number of aromatic amines is 1. The minimum atomic E-state index is -1.34. The lowest BCUT2D eigenvalue weighted by Crippen LogP contribution is -2.04. The monoisotopic (exact) mass is 246 g/mol. The first-order chi connectivity index (χ1) is 8.49. The number of benzene rings is 1. The summed E-state index contributed by atoms with van der Waals surface area (Å²) in [5.41, 5.74) is 1.81. The van der Waals surface area contributed by atoms with Crippen molar-refractivity contribution < 1.29 is 19.8 Å². The molecule has 0 fully saturated rings. The number of aryl methyl sites for hydroxylation is 1. The molecule has 1 aromatic heterocycles. The van der Waals surface area contributed by atoms with E-state index >= 15 is 0 Å². The second kappa shape index (κ2) is 4.33. The molecular weight excluding hydrogens is 236 g/mol. The number of nitrogens with zero attached hydrogens (tertiary/aromatic N) is 1. The van der Waals surface area contributed by atoms with Crippen LogP contribution in [0.25, 0.3) is 16.6 Å². The van der Waals surface area contributed by atoms with E-state index in [2.05, 4.69) is 9.97 Å². The number of aromatic nitrogens is 2. The summed E-state index contributed by atoms with van der Waals surface area (Å²) in [6.45, 7) is 1.84. The highest BCUT2D eigenvalue weighted by molar-refractivity contribution is 6.18. The maximum Gasteiger partial charge on any atom is 0.339 e. The van der Waals surface area contributed by atoms with Crippen molar-refractivity contribution >= 4 is 28.5 Å². The molecule has 0 aliphatic heterocycles. The van der Waals surface area contributed by atoms with Crippen molar-refractivity contribution in [3.8, 4) is 0 Å². The van der Waals surface area contributed by atoms with Crippen LogP contribution < -0.4 is 0 Å². The van der Waals surface area contributed by atoms with E-state index in [4.69, 9.17) is 10.2 Å². The van der Waals surface area contributed by atoms with Crippen molar-refractivity contribution in [2.24, 2.45) is 0 Å². The van der Waals surface area contributed by atoms with Gasteiger partial charge in [0, 0.05) is 6.08 Å². The Kier molecular flexibility index (Phi) is 2.85. The Morgan fingerprint density at radius 2 is 2.06 bits per heavy atom. The van der Waals surface area contributed by atoms with Crippen LogP contribution in [0.15, 0.2) is 24.3 Å². The summed E-state index contributed by atoms with van der Waals surface area (Å²) in [6, 6.07) is 5.40. The third-order valence-electron chi connectivity index (χ3n) is 2.47. The Bertz CT molecular complexity index is 670. The molecule has 0 spiro atoms. The average Bonchev–Trinajstić information content (AvgIpc) is 2.70. The number of hydrogen-bond donors (Lipinski definition) is 3. The molecule has 0 atom stereocenters. The predicted octanol–water partition coefficient (Wildman–Crippen LogP) is 1.42. The zero-order valence-corrected chi connectivity index (χ0v) is 9.47. The van der Waals surface area contributed by atoms with Crippen molar-refractivity contribution in [1.29, 1.82) is 0 Å². The fraction of sp³-hybridized carbons (Fsp3) is 0.0833. The van der Waals surface area contributed by atoms with Gasteiger partial charge in [0.05, 0.1) is 11.0 Å². The van der Waals surface area contributed by atoms with Crippen molar-refractivity contribution in [1.82, 2.24) is 9.97 Å². The van der Waals surface area contributed by atoms with Crippen LogP contribution in [0.1, 0.15) is 11.4 Å². The van der Waals surface area contributed by atoms with Gasteiger partial charge in [-0.25, -0.2) is 14.6 Å². The molecule has 92 valence electrons. The Morgan fingerprint density at radius 3 is 2.61 bits per heavy atom. The quantitative estimate of drug-likeness (QED) is 0.710. The van der Waals surface area contributed by atoms with Crippen LogP contribution in [0.2, 0.25) is 0 Å². The topological polar surface area (TPSA) is 103 Å². The van der Waals surface area contributed by atoms with Gasteiger partial charge < -0.3 is 15.2 Å². The lowest BCUT2D eigenvalue weighted by Gasteiger charge is -1.95. The fourth-order valence-corrected chi connectivity index (χ4v) is 1.66. The lowest BCUT2D eigenvalue weighted by atomic mass is 10.2. The number of rotatable bonds is 3. The van der Waals surface area contributed by atoms with Crippen LogP contribution in [0.5, 0.6) is 0 Å². The number of aliphatic carboxylic acids is 2. The van der Waals surface area contributed by atoms with Crippen molar-refractivity contribution in [2.75, 3.05) is 0 Å². The molecule has 1 aromatic carbocycles. The normalized spacial score (nSPS) is 11.7. The van der Waals surface area contributed by atoms with E-state index in [9.17, 15) is 9.59 Å². The van der Waals surface area contributed by atoms with Crippen LogP contribution in [-0.2, 0) is 9.59 Å². The smallest absolute Gasteiger partial charge is 0.339 e. The molecule has 0 unspecified atom stereocenters. The molecule has 0 bridgehead atoms. The summed E-state index contributed by atoms with van der Waals surface area (Å²) < 4.78 is 0. The molecule has 0 aliphatic carbocycles. The van der Waals surface area contributed by atoms with Crippen molar-refractivity contribution in [3.05, 3.63) is 35.7 Å². The van der Waals surface area contributed by atoms with Gasteiger partial charge in [-0.3, -0.25) is 0 Å². The number of nitrogens with one attached hydrogen (secondary N) is 1. The van der Waals surface area contributed by atoms with Gasteiger partial charge in [0.1, 0.15) is 11.4 Å². The average molecular weight is 246 g/mol. The number of carbonyl (C=O) groups is 2. The Balaban J connectivity index is 2.63. The summed E-state index contributed by atoms with van der Waals surface area (Å²) in [6.07, 6.45) is 0.620. The van der Waals surface area contributed by atoms with Crippen molar-refractivity contribution in [2.45, 2.75) is 6.92 Å². The third kappa shape index (κ3) is 2.08. The molecule has 0 radical (unpaired) electrons. The lowest BCUT2D eigenvalue weighted by molar-refractivity contribution is -0.133. The summed E-state index contributed by atoms with van der Waals surface area (Å²) in [5, 5.41) is 17.6. The molecule has 0 saturated heterocycles. The first-order valence-corrected chi connectivity index (χ1v) is 5.12. The van der Waals surface area contributed by atoms with Gasteiger partial charge in [0.15, 0.2) is 0 Å². The molecule has 2 aromatic rings. The van der Waals surface area contributed by atoms with Gasteiger partial charge >= 0.3 is 11.9 Å². The number of hydrogen-bond acceptors (Lipinski definition) is 3. The highest BCUT2D eigenvalue weighted by atomic mass is 16.4. The Morgan fingerprint density at radius 1 is 1.33 bits per heavy atom. The van der Waals surface area contributed by atoms with E-state index in [1.165, 1.54) is 0 Å². The highest BCUT2D eigenvalue weighted by Gasteiger charge is 2.17. The SMILES string of the molecule is Cc1cccc2[nH]c(/C(=C\C(=O)O)C(=O)O)nc12. The van der Waals surface area contributed by atoms with Crippen LogP contribution in [-0.4, -0.2) is 32.1 Å². The minimum Gasteiger partial charge on any atom is -0.478 e. The van der Waals surface area contributed by atoms with Crippen LogP contribution >= 0.6 is 0 Å². The first-order valence-electron chi connectivity index (χ1n) is 5.12. The van der Waals surface area contributed by atoms with Gasteiger partial charge in [-0.1, -0.05) is 12.1 Å². The van der Waals surface area contributed by atoms with E-state index in [-0.39, 0.29) is 11.4 Å². The maximum absolute atomic E-state index is 11.0. The maximum atomic E-state index is 11.0. The number of imidazole rings is 1. The van der Waals surface area contributed by atoms with Gasteiger partial charge in [-0.2, -0.15) is 0 Å². The third-order valence-corrected chi connectivity index (χ3v) is 2.47. The second-order valence-corrected chi connectivity index (χ2v) is 3.76. The summed E-state index contributed by atoms with van der Waals surface area (Å²) in [7, 11) is 0. The molecule has 0 saturated carbocycles. The number of para-hydroxylation sites is 1. The molecular formula is C12H10N2O4. The zero-order chi connectivity index (χ0) is 13.3. The van der Waals surface area contributed by atoms with E-state index in [1.807, 2.05) is 13.0 Å². The number of carboxylic acids is 2. The van der Waals surface area contributed by atoms with E-state index in [0.29, 0.717) is 17.1 Å². The van der Waals surface area contributed by atoms with Crippen LogP contribution in [0, 0.1) is 6.92 Å². The summed E-state index contributed by atoms with van der Waals surface area (Å²) in [4.78, 5) is 28.5. The first kappa shape index (κ1) is 11.8. The Labute approximate surface area is 102 Å². The second-order valence-electron chi connectivity index (χ2n) is 3.76. The summed E-state index contributed by atoms with van der Waals surface area (Å²) >= 11 is 0. The van der Waals surface area contributed by atoms with E-state index < -0.39 is 11.9 Å². The molecule has 18 heavy (non-hydrogen) atoms. The highest BCUT2D eigenvalue weighted by Crippen LogP contribution is 2.19. The molecule has 6 heteroatoms. The van der Waals surface area contributed by atoms with E-state index in [1.54, 1.807) is 12.1 Å². The Hall–Kier alpha value is -2.63. The number of fused-ring (bicyclic) bond motifs is 1. The molecule has 3 N–H and O–H groups in total. The van der Waals surface area contributed by atoms with Gasteiger partial charge in [-0.05, 0) is 18.6 Å². The molecule has 2 rings (SSSR count). The standard InChI is InChI=1S/C12H10N2O4/c1-6-3-2-4-8-10(6)14-11(13-8)7(12(17)18)5-9(15)16/h2-5H,1H3,(H,13,14)(H,15,16)(H,17,18)/b7-5+. The summed E-state index contributed by atoms with van der Waals surface area (Å²) in [5.74, 6) is -2.63. The molecule has 0 aliphatic rings. The van der Waals surface area contributed by atoms with Gasteiger partial charge in [0.25, 0.3) is 0 Å². The molecule has 6 nitrogen and oxygen atoms in total. The zero-order valence-electron chi connectivity index (χ0n) is 9.47. The fourth-order valence-electron chi connectivity index (χ4n) is 1.66. The number of H-pyrrole nitrogens is 1. The van der Waals surface area contributed by atoms with Crippen LogP contribution in [0.4, 0.5) is 0 Å². The largest absolute Gasteiger partial charge is 0.478 e. The van der Waals surface area contributed by atoms with Gasteiger partial charge in [0.2, 0.25) is 0 Å². The van der Waals surface area contributed by atoms with Gasteiger partial charge in [-0.15, -0.1) is 0 Å². The minimum absolute atomic E-state index is 0.0363. The predicted molar refractivity (Wildman–Crippen MR) is 64.1 cm³/mol. The molecule has 1 heterocycles. The molecule has 0 amide bonds. The van der Waals surface area contributed by atoms with Crippen LogP contribution in [0.3, 0.4) is 0 Å². The van der Waals surface area contributed by atoms with E-state index in [0.717, 1.165) is 5.56 Å². The van der Waals surface area contributed by atoms with Crippen molar-refractivity contribution in [3.63, 3.8) is 0 Å².